The number of methoxy groups -OCH3 is 2. The molecule has 1 unspecified atom stereocenters. The number of nitro benzene ring substituents is 1. The van der Waals surface area contributed by atoms with E-state index in [9.17, 15) is 28.1 Å². The van der Waals surface area contributed by atoms with Crippen molar-refractivity contribution in [1.82, 2.24) is 0 Å². The number of carbonyl (C=O) groups is 1. The smallest absolute Gasteiger partial charge is 0.416 e. The maximum atomic E-state index is 13.6. The molecule has 0 saturated carbocycles. The lowest BCUT2D eigenvalue weighted by Gasteiger charge is -2.21. The second-order valence-corrected chi connectivity index (χ2v) is 9.25. The van der Waals surface area contributed by atoms with Crippen molar-refractivity contribution in [3.05, 3.63) is 117 Å². The predicted molar refractivity (Wildman–Crippen MR) is 152 cm³/mol. The zero-order valence-electron chi connectivity index (χ0n) is 23.3. The van der Waals surface area contributed by atoms with Crippen LogP contribution >= 0.6 is 0 Å². The van der Waals surface area contributed by atoms with Crippen LogP contribution in [0, 0.1) is 10.1 Å². The summed E-state index contributed by atoms with van der Waals surface area (Å²) in [6.07, 6.45) is -5.74. The zero-order chi connectivity index (χ0) is 31.1. The molecule has 4 aromatic rings. The Hall–Kier alpha value is -5.26. The van der Waals surface area contributed by atoms with Crippen LogP contribution in [0.4, 0.5) is 30.2 Å². The number of halogens is 3. The highest BCUT2D eigenvalue weighted by Gasteiger charge is 2.35. The third-order valence-electron chi connectivity index (χ3n) is 6.40. The minimum absolute atomic E-state index is 0.0406. The molecule has 224 valence electrons. The van der Waals surface area contributed by atoms with E-state index < -0.39 is 28.7 Å². The maximum Gasteiger partial charge on any atom is 0.416 e. The summed E-state index contributed by atoms with van der Waals surface area (Å²) in [6, 6.07) is 20.6. The first-order valence-electron chi connectivity index (χ1n) is 12.9. The zero-order valence-corrected chi connectivity index (χ0v) is 23.3. The molecule has 0 aliphatic carbocycles. The van der Waals surface area contributed by atoms with Crippen LogP contribution in [0.15, 0.2) is 84.9 Å². The van der Waals surface area contributed by atoms with Gasteiger partial charge in [0.1, 0.15) is 41.2 Å². The maximum absolute atomic E-state index is 13.6. The molecular formula is C31H27F3N2O7. The van der Waals surface area contributed by atoms with E-state index in [1.807, 2.05) is 12.1 Å². The standard InChI is InChI=1S/C31H27F3N2O7/c1-19(24-6-4-5-7-26(24)31(32,33)34)43-29-16-21(10-14-25(29)30(37)41-3)35-27-15-13-23(17-28(27)36(38)39)42-18-20-8-11-22(40-2)12-9-20/h4-17,19,35H,18H2,1-3H3. The van der Waals surface area contributed by atoms with E-state index in [2.05, 4.69) is 5.32 Å². The van der Waals surface area contributed by atoms with Gasteiger partial charge in [-0.2, -0.15) is 13.2 Å². The highest BCUT2D eigenvalue weighted by molar-refractivity contribution is 5.93. The van der Waals surface area contributed by atoms with Crippen LogP contribution in [-0.4, -0.2) is 25.1 Å². The summed E-state index contributed by atoms with van der Waals surface area (Å²) in [4.78, 5) is 23.7. The molecule has 1 atom stereocenters. The molecule has 0 aliphatic rings. The Balaban J connectivity index is 1.59. The van der Waals surface area contributed by atoms with E-state index in [1.165, 1.54) is 55.5 Å². The number of alkyl halides is 3. The molecule has 0 heterocycles. The largest absolute Gasteiger partial charge is 0.497 e. The van der Waals surface area contributed by atoms with Crippen LogP contribution in [0.1, 0.15) is 40.1 Å². The number of benzene rings is 4. The lowest BCUT2D eigenvalue weighted by molar-refractivity contribution is -0.384. The molecule has 0 radical (unpaired) electrons. The number of hydrogen-bond acceptors (Lipinski definition) is 8. The minimum Gasteiger partial charge on any atom is -0.497 e. The number of esters is 1. The molecule has 43 heavy (non-hydrogen) atoms. The van der Waals surface area contributed by atoms with Gasteiger partial charge < -0.3 is 24.3 Å². The molecule has 0 amide bonds. The number of nitro groups is 1. The molecular weight excluding hydrogens is 569 g/mol. The first kappa shape index (κ1) is 30.7. The Morgan fingerprint density at radius 1 is 0.953 bits per heavy atom. The molecule has 0 aromatic heterocycles. The van der Waals surface area contributed by atoms with Crippen molar-refractivity contribution in [3.63, 3.8) is 0 Å². The first-order valence-corrected chi connectivity index (χ1v) is 12.9. The average Bonchev–Trinajstić information content (AvgIpc) is 3.00. The third-order valence-corrected chi connectivity index (χ3v) is 6.40. The third kappa shape index (κ3) is 7.53. The van der Waals surface area contributed by atoms with E-state index in [1.54, 1.807) is 25.3 Å². The van der Waals surface area contributed by atoms with Gasteiger partial charge in [0.25, 0.3) is 5.69 Å². The predicted octanol–water partition coefficient (Wildman–Crippen LogP) is 7.87. The van der Waals surface area contributed by atoms with Crippen molar-refractivity contribution in [2.24, 2.45) is 0 Å². The molecule has 0 spiro atoms. The van der Waals surface area contributed by atoms with Gasteiger partial charge in [0, 0.05) is 17.3 Å². The molecule has 4 rings (SSSR count). The lowest BCUT2D eigenvalue weighted by atomic mass is 10.0. The van der Waals surface area contributed by atoms with Crippen LogP contribution < -0.4 is 19.5 Å². The average molecular weight is 597 g/mol. The van der Waals surface area contributed by atoms with E-state index in [0.29, 0.717) is 5.75 Å². The fourth-order valence-electron chi connectivity index (χ4n) is 4.24. The molecule has 4 aromatic carbocycles. The van der Waals surface area contributed by atoms with Crippen LogP contribution in [0.25, 0.3) is 0 Å². The van der Waals surface area contributed by atoms with Gasteiger partial charge in [0.2, 0.25) is 0 Å². The highest BCUT2D eigenvalue weighted by atomic mass is 19.4. The molecule has 0 saturated heterocycles. The van der Waals surface area contributed by atoms with Crippen molar-refractivity contribution in [2.45, 2.75) is 25.8 Å². The van der Waals surface area contributed by atoms with Gasteiger partial charge in [-0.05, 0) is 55.0 Å². The topological polar surface area (TPSA) is 109 Å². The Morgan fingerprint density at radius 2 is 1.65 bits per heavy atom. The normalized spacial score (nSPS) is 11.8. The Kier molecular flexibility index (Phi) is 9.39. The van der Waals surface area contributed by atoms with Crippen LogP contribution in [0.2, 0.25) is 0 Å². The number of nitrogens with one attached hydrogen (secondary N) is 1. The number of carbonyl (C=O) groups excluding carboxylic acids is 1. The number of anilines is 2. The molecule has 0 aliphatic heterocycles. The monoisotopic (exact) mass is 596 g/mol. The minimum atomic E-state index is -4.62. The quantitative estimate of drug-likeness (QED) is 0.106. The van der Waals surface area contributed by atoms with Gasteiger partial charge >= 0.3 is 12.1 Å². The number of ether oxygens (including phenoxy) is 4. The fourth-order valence-corrected chi connectivity index (χ4v) is 4.24. The summed E-state index contributed by atoms with van der Waals surface area (Å²) < 4.78 is 62.3. The van der Waals surface area contributed by atoms with E-state index in [4.69, 9.17) is 18.9 Å². The van der Waals surface area contributed by atoms with Crippen LogP contribution in [0.5, 0.6) is 17.2 Å². The summed E-state index contributed by atoms with van der Waals surface area (Å²) >= 11 is 0. The number of rotatable bonds is 11. The Labute approximate surface area is 244 Å². The molecule has 1 N–H and O–H groups in total. The SMILES string of the molecule is COC(=O)c1ccc(Nc2ccc(OCc3ccc(OC)cc3)cc2[N+](=O)[O-])cc1OC(C)c1ccccc1C(F)(F)F. The second-order valence-electron chi connectivity index (χ2n) is 9.25. The summed E-state index contributed by atoms with van der Waals surface area (Å²) in [7, 11) is 2.71. The van der Waals surface area contributed by atoms with Gasteiger partial charge in [-0.1, -0.05) is 30.3 Å². The van der Waals surface area contributed by atoms with E-state index >= 15 is 0 Å². The lowest BCUT2D eigenvalue weighted by Crippen LogP contribution is -2.15. The molecule has 0 fully saturated rings. The van der Waals surface area contributed by atoms with Gasteiger partial charge in [0.15, 0.2) is 0 Å². The van der Waals surface area contributed by atoms with Crippen molar-refractivity contribution >= 4 is 23.0 Å². The fraction of sp³-hybridized carbons (Fsp3) is 0.194. The van der Waals surface area contributed by atoms with E-state index in [-0.39, 0.29) is 46.3 Å². The second kappa shape index (κ2) is 13.1. The van der Waals surface area contributed by atoms with E-state index in [0.717, 1.165) is 18.7 Å². The first-order chi connectivity index (χ1) is 20.5. The number of hydrogen-bond donors (Lipinski definition) is 1. The van der Waals surface area contributed by atoms with Gasteiger partial charge in [-0.3, -0.25) is 10.1 Å². The van der Waals surface area contributed by atoms with Gasteiger partial charge in [0.05, 0.1) is 30.8 Å². The molecule has 9 nitrogen and oxygen atoms in total. The Morgan fingerprint density at radius 3 is 2.30 bits per heavy atom. The summed E-state index contributed by atoms with van der Waals surface area (Å²) in [6.45, 7) is 1.58. The molecule has 0 bridgehead atoms. The highest BCUT2D eigenvalue weighted by Crippen LogP contribution is 2.38. The van der Waals surface area contributed by atoms with Crippen LogP contribution in [-0.2, 0) is 17.5 Å². The van der Waals surface area contributed by atoms with Crippen molar-refractivity contribution < 1.29 is 41.8 Å². The summed E-state index contributed by atoms with van der Waals surface area (Å²) in [5.41, 5.74) is -0.134. The van der Waals surface area contributed by atoms with Crippen molar-refractivity contribution in [2.75, 3.05) is 19.5 Å². The summed E-state index contributed by atoms with van der Waals surface area (Å²) in [5.74, 6) is 0.0875. The van der Waals surface area contributed by atoms with Crippen molar-refractivity contribution in [1.29, 1.82) is 0 Å². The van der Waals surface area contributed by atoms with Crippen molar-refractivity contribution in [3.8, 4) is 17.2 Å². The van der Waals surface area contributed by atoms with Gasteiger partial charge in [-0.25, -0.2) is 4.79 Å². The number of nitrogens with zero attached hydrogens (tertiary/aromatic N) is 1. The van der Waals surface area contributed by atoms with Gasteiger partial charge in [-0.15, -0.1) is 0 Å². The molecule has 12 heteroatoms. The van der Waals surface area contributed by atoms with Crippen LogP contribution in [0.3, 0.4) is 0 Å². The Bertz CT molecular complexity index is 1610. The summed E-state index contributed by atoms with van der Waals surface area (Å²) in [5, 5.41) is 14.8.